The molecule has 5 nitrogen and oxygen atoms in total. The van der Waals surface area contributed by atoms with Crippen LogP contribution >= 0.6 is 11.8 Å². The first-order chi connectivity index (χ1) is 9.92. The van der Waals surface area contributed by atoms with Crippen molar-refractivity contribution in [3.63, 3.8) is 0 Å². The largest absolute Gasteiger partial charge is 0.416 e. The molecule has 1 aromatic carbocycles. The van der Waals surface area contributed by atoms with Gasteiger partial charge in [-0.2, -0.15) is 0 Å². The molecule has 1 amide bonds. The van der Waals surface area contributed by atoms with E-state index in [9.17, 15) is 4.79 Å². The van der Waals surface area contributed by atoms with Crippen LogP contribution < -0.4 is 5.32 Å². The number of carbonyl (C=O) groups excluding carboxylic acids is 1. The molecule has 0 unspecified atom stereocenters. The van der Waals surface area contributed by atoms with Crippen LogP contribution in [0.25, 0.3) is 0 Å². The fraction of sp³-hybridized carbons (Fsp3) is 0.400. The second-order valence-electron chi connectivity index (χ2n) is 5.71. The molecule has 112 valence electrons. The van der Waals surface area contributed by atoms with E-state index in [0.29, 0.717) is 17.5 Å². The molecule has 0 radical (unpaired) electrons. The zero-order valence-electron chi connectivity index (χ0n) is 12.4. The van der Waals surface area contributed by atoms with Crippen LogP contribution in [-0.2, 0) is 11.2 Å². The maximum absolute atomic E-state index is 11.7. The quantitative estimate of drug-likeness (QED) is 0.860. The number of thioether (sulfide) groups is 1. The minimum Gasteiger partial charge on any atom is -0.416 e. The van der Waals surface area contributed by atoms with Crippen molar-refractivity contribution in [2.75, 3.05) is 5.75 Å². The van der Waals surface area contributed by atoms with Crippen molar-refractivity contribution in [3.05, 3.63) is 41.8 Å². The van der Waals surface area contributed by atoms with Gasteiger partial charge >= 0.3 is 0 Å². The Bertz CT molecular complexity index is 590. The Morgan fingerprint density at radius 1 is 1.24 bits per heavy atom. The molecular weight excluding hydrogens is 286 g/mol. The summed E-state index contributed by atoms with van der Waals surface area (Å²) in [4.78, 5) is 11.7. The Balaban J connectivity index is 1.85. The Labute approximate surface area is 128 Å². The highest BCUT2D eigenvalue weighted by molar-refractivity contribution is 7.99. The molecular formula is C15H19N3O2S. The van der Waals surface area contributed by atoms with Crippen molar-refractivity contribution in [1.82, 2.24) is 15.5 Å². The number of carbonyl (C=O) groups is 1. The molecule has 1 aromatic heterocycles. The highest BCUT2D eigenvalue weighted by atomic mass is 32.2. The first-order valence-corrected chi connectivity index (χ1v) is 7.71. The summed E-state index contributed by atoms with van der Waals surface area (Å²) >= 11 is 1.25. The monoisotopic (exact) mass is 305 g/mol. The van der Waals surface area contributed by atoms with E-state index in [1.807, 2.05) is 51.1 Å². The first kappa shape index (κ1) is 15.6. The van der Waals surface area contributed by atoms with Gasteiger partial charge in [0.1, 0.15) is 0 Å². The smallest absolute Gasteiger partial charge is 0.277 e. The molecule has 2 rings (SSSR count). The van der Waals surface area contributed by atoms with Crippen LogP contribution in [0.4, 0.5) is 0 Å². The second-order valence-corrected chi connectivity index (χ2v) is 6.64. The van der Waals surface area contributed by atoms with Crippen molar-refractivity contribution in [1.29, 1.82) is 0 Å². The Hall–Kier alpha value is -1.82. The summed E-state index contributed by atoms with van der Waals surface area (Å²) in [6, 6.07) is 9.92. The predicted octanol–water partition coefficient (Wildman–Crippen LogP) is 2.67. The lowest BCUT2D eigenvalue weighted by Gasteiger charge is -2.19. The summed E-state index contributed by atoms with van der Waals surface area (Å²) in [5, 5.41) is 11.2. The molecule has 2 aromatic rings. The van der Waals surface area contributed by atoms with Gasteiger partial charge in [0.2, 0.25) is 11.8 Å². The van der Waals surface area contributed by atoms with Crippen molar-refractivity contribution in [2.45, 2.75) is 38.0 Å². The van der Waals surface area contributed by atoms with E-state index in [0.717, 1.165) is 5.56 Å². The highest BCUT2D eigenvalue weighted by Gasteiger charge is 2.15. The van der Waals surface area contributed by atoms with Crippen molar-refractivity contribution < 1.29 is 9.21 Å². The Morgan fingerprint density at radius 2 is 1.95 bits per heavy atom. The van der Waals surface area contributed by atoms with Crippen molar-refractivity contribution in [2.24, 2.45) is 0 Å². The molecule has 1 heterocycles. The Kier molecular flexibility index (Phi) is 5.01. The van der Waals surface area contributed by atoms with E-state index in [2.05, 4.69) is 15.5 Å². The molecule has 0 spiro atoms. The van der Waals surface area contributed by atoms with Gasteiger partial charge in [-0.25, -0.2) is 0 Å². The van der Waals surface area contributed by atoms with Gasteiger partial charge in [0.05, 0.1) is 12.2 Å². The van der Waals surface area contributed by atoms with Crippen LogP contribution in [0.15, 0.2) is 40.0 Å². The van der Waals surface area contributed by atoms with Gasteiger partial charge < -0.3 is 9.73 Å². The molecule has 6 heteroatoms. The highest BCUT2D eigenvalue weighted by Crippen LogP contribution is 2.17. The maximum Gasteiger partial charge on any atom is 0.277 e. The van der Waals surface area contributed by atoms with Gasteiger partial charge in [-0.15, -0.1) is 10.2 Å². The molecule has 0 atom stereocenters. The third-order valence-corrected chi connectivity index (χ3v) is 3.31. The van der Waals surface area contributed by atoms with E-state index in [-0.39, 0.29) is 17.2 Å². The van der Waals surface area contributed by atoms with Gasteiger partial charge in [0.15, 0.2) is 0 Å². The molecule has 0 aliphatic heterocycles. The van der Waals surface area contributed by atoms with Crippen molar-refractivity contribution in [3.8, 4) is 0 Å². The third-order valence-electron chi connectivity index (χ3n) is 2.49. The summed E-state index contributed by atoms with van der Waals surface area (Å²) in [5.74, 6) is 0.778. The molecule has 0 aliphatic carbocycles. The summed E-state index contributed by atoms with van der Waals surface area (Å²) in [6.45, 7) is 5.83. The van der Waals surface area contributed by atoms with E-state index in [1.54, 1.807) is 0 Å². The topological polar surface area (TPSA) is 68.0 Å². The lowest BCUT2D eigenvalue weighted by Crippen LogP contribution is -2.41. The SMILES string of the molecule is CC(C)(C)NC(=O)CSc1nnc(Cc2ccccc2)o1. The number of hydrogen-bond acceptors (Lipinski definition) is 5. The van der Waals surface area contributed by atoms with Crippen LogP contribution in [0.1, 0.15) is 32.2 Å². The van der Waals surface area contributed by atoms with Crippen LogP contribution in [0.5, 0.6) is 0 Å². The normalized spacial score (nSPS) is 11.4. The van der Waals surface area contributed by atoms with Crippen LogP contribution in [-0.4, -0.2) is 27.4 Å². The molecule has 0 bridgehead atoms. The average molecular weight is 305 g/mol. The lowest BCUT2D eigenvalue weighted by atomic mass is 10.1. The number of rotatable bonds is 5. The number of nitrogens with zero attached hydrogens (tertiary/aromatic N) is 2. The Morgan fingerprint density at radius 3 is 2.62 bits per heavy atom. The zero-order chi connectivity index (χ0) is 15.3. The number of amides is 1. The number of hydrogen-bond donors (Lipinski definition) is 1. The average Bonchev–Trinajstić information content (AvgIpc) is 2.83. The molecule has 0 saturated heterocycles. The standard InChI is InChI=1S/C15H19N3O2S/c1-15(2,3)16-12(19)10-21-14-18-17-13(20-14)9-11-7-5-4-6-8-11/h4-8H,9-10H2,1-3H3,(H,16,19). The molecule has 0 fully saturated rings. The third kappa shape index (κ3) is 5.59. The van der Waals surface area contributed by atoms with E-state index in [4.69, 9.17) is 4.42 Å². The predicted molar refractivity (Wildman–Crippen MR) is 82.2 cm³/mol. The van der Waals surface area contributed by atoms with Crippen LogP contribution in [0.2, 0.25) is 0 Å². The summed E-state index contributed by atoms with van der Waals surface area (Å²) in [7, 11) is 0. The van der Waals surface area contributed by atoms with E-state index in [1.165, 1.54) is 11.8 Å². The minimum absolute atomic E-state index is 0.0460. The van der Waals surface area contributed by atoms with Crippen LogP contribution in [0.3, 0.4) is 0 Å². The van der Waals surface area contributed by atoms with E-state index >= 15 is 0 Å². The van der Waals surface area contributed by atoms with Gasteiger partial charge in [0, 0.05) is 5.54 Å². The fourth-order valence-corrected chi connectivity index (χ4v) is 2.30. The number of aromatic nitrogens is 2. The minimum atomic E-state index is -0.231. The van der Waals surface area contributed by atoms with Gasteiger partial charge in [0.25, 0.3) is 5.22 Å². The van der Waals surface area contributed by atoms with Crippen molar-refractivity contribution >= 4 is 17.7 Å². The van der Waals surface area contributed by atoms with E-state index < -0.39 is 0 Å². The first-order valence-electron chi connectivity index (χ1n) is 6.72. The molecule has 1 N–H and O–H groups in total. The number of benzene rings is 1. The number of nitrogens with one attached hydrogen (secondary N) is 1. The maximum atomic E-state index is 11.7. The summed E-state index contributed by atoms with van der Waals surface area (Å²) < 4.78 is 5.53. The fourth-order valence-electron chi connectivity index (χ4n) is 1.72. The molecule has 0 saturated carbocycles. The molecule has 21 heavy (non-hydrogen) atoms. The van der Waals surface area contributed by atoms with Crippen LogP contribution in [0, 0.1) is 0 Å². The summed E-state index contributed by atoms with van der Waals surface area (Å²) in [5.41, 5.74) is 0.883. The molecule has 0 aliphatic rings. The van der Waals surface area contributed by atoms with Gasteiger partial charge in [-0.3, -0.25) is 4.79 Å². The van der Waals surface area contributed by atoms with Gasteiger partial charge in [-0.05, 0) is 26.3 Å². The summed E-state index contributed by atoms with van der Waals surface area (Å²) in [6.07, 6.45) is 0.600. The second kappa shape index (κ2) is 6.76. The van der Waals surface area contributed by atoms with Gasteiger partial charge in [-0.1, -0.05) is 42.1 Å². The zero-order valence-corrected chi connectivity index (χ0v) is 13.2. The lowest BCUT2D eigenvalue weighted by molar-refractivity contribution is -0.119.